The molecule has 1 saturated heterocycles. The first-order chi connectivity index (χ1) is 12.6. The molecular weight excluding hydrogens is 333 g/mol. The van der Waals surface area contributed by atoms with Crippen LogP contribution in [-0.4, -0.2) is 34.7 Å². The van der Waals surface area contributed by atoms with Gasteiger partial charge in [-0.2, -0.15) is 0 Å². The summed E-state index contributed by atoms with van der Waals surface area (Å²) in [6, 6.07) is 11.8. The van der Waals surface area contributed by atoms with Gasteiger partial charge >= 0.3 is 0 Å². The SMILES string of the molecule is Cc1nc2cc(C(=O)NCC3CCCO3)ccc2n1-c1cccc(F)c1. The standard InChI is InChI=1S/C20H20FN3O2/c1-13-23-18-10-14(20(25)22-12-17-6-3-9-26-17)7-8-19(18)24(13)16-5-2-4-15(21)11-16/h2,4-5,7-8,10-11,17H,3,6,9,12H2,1H3,(H,22,25). The molecule has 6 heteroatoms. The normalized spacial score (nSPS) is 16.9. The van der Waals surface area contributed by atoms with Crippen LogP contribution in [-0.2, 0) is 4.74 Å². The monoisotopic (exact) mass is 353 g/mol. The molecule has 0 radical (unpaired) electrons. The first-order valence-corrected chi connectivity index (χ1v) is 8.76. The van der Waals surface area contributed by atoms with Crippen LogP contribution in [0.15, 0.2) is 42.5 Å². The van der Waals surface area contributed by atoms with Crippen molar-refractivity contribution in [3.8, 4) is 5.69 Å². The van der Waals surface area contributed by atoms with Crippen LogP contribution in [0, 0.1) is 12.7 Å². The van der Waals surface area contributed by atoms with Crippen LogP contribution in [0.4, 0.5) is 4.39 Å². The van der Waals surface area contributed by atoms with E-state index in [1.54, 1.807) is 18.2 Å². The van der Waals surface area contributed by atoms with Crippen molar-refractivity contribution >= 4 is 16.9 Å². The highest BCUT2D eigenvalue weighted by Crippen LogP contribution is 2.23. The Balaban J connectivity index is 1.61. The molecular formula is C20H20FN3O2. The molecule has 1 unspecified atom stereocenters. The number of imidazole rings is 1. The number of aromatic nitrogens is 2. The minimum Gasteiger partial charge on any atom is -0.376 e. The summed E-state index contributed by atoms with van der Waals surface area (Å²) >= 11 is 0. The second-order valence-electron chi connectivity index (χ2n) is 6.52. The molecule has 1 aromatic heterocycles. The van der Waals surface area contributed by atoms with E-state index in [0.29, 0.717) is 23.3 Å². The van der Waals surface area contributed by atoms with E-state index in [4.69, 9.17) is 4.74 Å². The molecule has 2 heterocycles. The van der Waals surface area contributed by atoms with E-state index in [1.807, 2.05) is 23.6 Å². The molecule has 134 valence electrons. The molecule has 1 N–H and O–H groups in total. The van der Waals surface area contributed by atoms with Crippen molar-refractivity contribution in [3.05, 3.63) is 59.7 Å². The van der Waals surface area contributed by atoms with Gasteiger partial charge < -0.3 is 10.1 Å². The molecule has 3 aromatic rings. The number of hydrogen-bond acceptors (Lipinski definition) is 3. The number of hydrogen-bond donors (Lipinski definition) is 1. The van der Waals surface area contributed by atoms with Crippen molar-refractivity contribution in [2.75, 3.05) is 13.2 Å². The number of amides is 1. The van der Waals surface area contributed by atoms with E-state index in [1.165, 1.54) is 12.1 Å². The van der Waals surface area contributed by atoms with Gasteiger partial charge in [0, 0.05) is 18.7 Å². The Hall–Kier alpha value is -2.73. The Morgan fingerprint density at radius 1 is 1.35 bits per heavy atom. The van der Waals surface area contributed by atoms with E-state index in [2.05, 4.69) is 10.3 Å². The van der Waals surface area contributed by atoms with Crippen molar-refractivity contribution in [2.24, 2.45) is 0 Å². The molecule has 0 spiro atoms. The highest BCUT2D eigenvalue weighted by atomic mass is 19.1. The van der Waals surface area contributed by atoms with Crippen LogP contribution in [0.1, 0.15) is 29.0 Å². The third-order valence-electron chi connectivity index (χ3n) is 4.67. The Bertz CT molecular complexity index is 961. The molecule has 1 atom stereocenters. The summed E-state index contributed by atoms with van der Waals surface area (Å²) < 4.78 is 21.0. The number of carbonyl (C=O) groups excluding carboxylic acids is 1. The third-order valence-corrected chi connectivity index (χ3v) is 4.67. The van der Waals surface area contributed by atoms with Gasteiger partial charge in [0.25, 0.3) is 5.91 Å². The van der Waals surface area contributed by atoms with Gasteiger partial charge in [0.05, 0.1) is 22.8 Å². The van der Waals surface area contributed by atoms with E-state index < -0.39 is 0 Å². The highest BCUT2D eigenvalue weighted by molar-refractivity contribution is 5.97. The minimum atomic E-state index is -0.297. The second kappa shape index (κ2) is 6.88. The van der Waals surface area contributed by atoms with E-state index >= 15 is 0 Å². The lowest BCUT2D eigenvalue weighted by atomic mass is 10.1. The van der Waals surface area contributed by atoms with Gasteiger partial charge in [0.1, 0.15) is 11.6 Å². The smallest absolute Gasteiger partial charge is 0.251 e. The molecule has 2 aromatic carbocycles. The van der Waals surface area contributed by atoms with Gasteiger partial charge in [-0.3, -0.25) is 9.36 Å². The first-order valence-electron chi connectivity index (χ1n) is 8.76. The summed E-state index contributed by atoms with van der Waals surface area (Å²) in [5, 5.41) is 2.92. The van der Waals surface area contributed by atoms with Crippen LogP contribution in [0.3, 0.4) is 0 Å². The Morgan fingerprint density at radius 2 is 2.23 bits per heavy atom. The third kappa shape index (κ3) is 3.20. The quantitative estimate of drug-likeness (QED) is 0.782. The van der Waals surface area contributed by atoms with E-state index in [-0.39, 0.29) is 17.8 Å². The van der Waals surface area contributed by atoms with Gasteiger partial charge in [0.2, 0.25) is 0 Å². The number of carbonyl (C=O) groups is 1. The zero-order chi connectivity index (χ0) is 18.1. The van der Waals surface area contributed by atoms with Crippen LogP contribution in [0.25, 0.3) is 16.7 Å². The summed E-state index contributed by atoms with van der Waals surface area (Å²) in [6.07, 6.45) is 2.14. The Morgan fingerprint density at radius 3 is 3.00 bits per heavy atom. The average Bonchev–Trinajstić information content (AvgIpc) is 3.25. The summed E-state index contributed by atoms with van der Waals surface area (Å²) in [6.45, 7) is 3.15. The fourth-order valence-electron chi connectivity index (χ4n) is 3.40. The largest absolute Gasteiger partial charge is 0.376 e. The fourth-order valence-corrected chi connectivity index (χ4v) is 3.40. The molecule has 0 aliphatic carbocycles. The van der Waals surface area contributed by atoms with Gasteiger partial charge in [-0.1, -0.05) is 6.07 Å². The maximum absolute atomic E-state index is 13.6. The minimum absolute atomic E-state index is 0.108. The lowest BCUT2D eigenvalue weighted by molar-refractivity contribution is 0.0858. The predicted molar refractivity (Wildman–Crippen MR) is 97.1 cm³/mol. The van der Waals surface area contributed by atoms with E-state index in [0.717, 1.165) is 30.8 Å². The fraction of sp³-hybridized carbons (Fsp3) is 0.300. The Kier molecular flexibility index (Phi) is 4.42. The molecule has 4 rings (SSSR count). The molecule has 5 nitrogen and oxygen atoms in total. The summed E-state index contributed by atoms with van der Waals surface area (Å²) in [5.74, 6) is 0.303. The number of fused-ring (bicyclic) bond motifs is 1. The number of benzene rings is 2. The van der Waals surface area contributed by atoms with Gasteiger partial charge in [0.15, 0.2) is 0 Å². The molecule has 26 heavy (non-hydrogen) atoms. The lowest BCUT2D eigenvalue weighted by Crippen LogP contribution is -2.31. The summed E-state index contributed by atoms with van der Waals surface area (Å²) in [5.41, 5.74) is 2.81. The molecule has 0 saturated carbocycles. The van der Waals surface area contributed by atoms with Crippen molar-refractivity contribution in [1.29, 1.82) is 0 Å². The molecule has 1 amide bonds. The number of rotatable bonds is 4. The maximum atomic E-state index is 13.6. The summed E-state index contributed by atoms with van der Waals surface area (Å²) in [4.78, 5) is 16.9. The van der Waals surface area contributed by atoms with Crippen molar-refractivity contribution in [2.45, 2.75) is 25.9 Å². The van der Waals surface area contributed by atoms with Crippen LogP contribution in [0.2, 0.25) is 0 Å². The topological polar surface area (TPSA) is 56.1 Å². The predicted octanol–water partition coefficient (Wildman–Crippen LogP) is 3.38. The van der Waals surface area contributed by atoms with Crippen LogP contribution >= 0.6 is 0 Å². The zero-order valence-corrected chi connectivity index (χ0v) is 14.5. The van der Waals surface area contributed by atoms with Crippen molar-refractivity contribution in [1.82, 2.24) is 14.9 Å². The number of nitrogens with zero attached hydrogens (tertiary/aromatic N) is 2. The van der Waals surface area contributed by atoms with E-state index in [9.17, 15) is 9.18 Å². The number of ether oxygens (including phenoxy) is 1. The van der Waals surface area contributed by atoms with Crippen LogP contribution < -0.4 is 5.32 Å². The molecule has 1 aliphatic heterocycles. The highest BCUT2D eigenvalue weighted by Gasteiger charge is 2.17. The zero-order valence-electron chi connectivity index (χ0n) is 14.5. The second-order valence-corrected chi connectivity index (χ2v) is 6.52. The Labute approximate surface area is 150 Å². The maximum Gasteiger partial charge on any atom is 0.251 e. The van der Waals surface area contributed by atoms with Crippen LogP contribution in [0.5, 0.6) is 0 Å². The average molecular weight is 353 g/mol. The van der Waals surface area contributed by atoms with Gasteiger partial charge in [-0.05, 0) is 56.2 Å². The van der Waals surface area contributed by atoms with Gasteiger partial charge in [-0.15, -0.1) is 0 Å². The van der Waals surface area contributed by atoms with Crippen molar-refractivity contribution < 1.29 is 13.9 Å². The van der Waals surface area contributed by atoms with Gasteiger partial charge in [-0.25, -0.2) is 9.37 Å². The number of aryl methyl sites for hydroxylation is 1. The number of halogens is 1. The molecule has 1 aliphatic rings. The number of nitrogens with one attached hydrogen (secondary N) is 1. The molecule has 1 fully saturated rings. The van der Waals surface area contributed by atoms with Crippen molar-refractivity contribution in [3.63, 3.8) is 0 Å². The first kappa shape index (κ1) is 16.7. The lowest BCUT2D eigenvalue weighted by Gasteiger charge is -2.11. The molecule has 0 bridgehead atoms. The summed E-state index contributed by atoms with van der Waals surface area (Å²) in [7, 11) is 0.